The highest BCUT2D eigenvalue weighted by Crippen LogP contribution is 2.31. The molecule has 0 saturated carbocycles. The fourth-order valence-electron chi connectivity index (χ4n) is 2.31. The number of hydrogen-bond donors (Lipinski definition) is 2. The molecule has 0 spiro atoms. The average molecular weight is 303 g/mol. The molecule has 3 aromatic rings. The van der Waals surface area contributed by atoms with Crippen molar-refractivity contribution >= 4 is 38.7 Å². The second-order valence-corrected chi connectivity index (χ2v) is 5.98. The number of anilines is 1. The third-order valence-corrected chi connectivity index (χ3v) is 4.50. The van der Waals surface area contributed by atoms with E-state index in [1.165, 1.54) is 15.6 Å². The summed E-state index contributed by atoms with van der Waals surface area (Å²) in [6.45, 7) is 0.535. The topological polar surface area (TPSA) is 38.0 Å². The molecule has 102 valence electrons. The molecule has 1 unspecified atom stereocenters. The quantitative estimate of drug-likeness (QED) is 0.735. The van der Waals surface area contributed by atoms with Crippen LogP contribution in [0.3, 0.4) is 0 Å². The summed E-state index contributed by atoms with van der Waals surface area (Å²) < 4.78 is 1.29. The van der Waals surface area contributed by atoms with E-state index in [1.807, 2.05) is 24.3 Å². The van der Waals surface area contributed by atoms with Crippen LogP contribution in [0, 0.1) is 0 Å². The van der Waals surface area contributed by atoms with E-state index in [9.17, 15) is 0 Å². The smallest absolute Gasteiger partial charge is 0.0650 e. The molecule has 0 radical (unpaired) electrons. The first-order valence-electron chi connectivity index (χ1n) is 6.46. The number of fused-ring (bicyclic) bond motifs is 1. The second kappa shape index (κ2) is 5.83. The van der Waals surface area contributed by atoms with E-state index in [-0.39, 0.29) is 6.04 Å². The van der Waals surface area contributed by atoms with Crippen molar-refractivity contribution in [3.8, 4) is 0 Å². The number of benzene rings is 2. The summed E-state index contributed by atoms with van der Waals surface area (Å²) in [5.74, 6) is 0. The Bertz CT molecular complexity index is 723. The van der Waals surface area contributed by atoms with Crippen LogP contribution >= 0.6 is 22.9 Å². The van der Waals surface area contributed by atoms with Gasteiger partial charge in [-0.05, 0) is 40.6 Å². The van der Waals surface area contributed by atoms with Gasteiger partial charge >= 0.3 is 0 Å². The fourth-order valence-corrected chi connectivity index (χ4v) is 3.52. The zero-order valence-corrected chi connectivity index (χ0v) is 12.4. The lowest BCUT2D eigenvalue weighted by Crippen LogP contribution is -2.20. The van der Waals surface area contributed by atoms with Gasteiger partial charge in [-0.3, -0.25) is 0 Å². The molecule has 2 aromatic carbocycles. The maximum absolute atomic E-state index is 6.02. The molecule has 3 N–H and O–H groups in total. The van der Waals surface area contributed by atoms with Crippen molar-refractivity contribution < 1.29 is 0 Å². The van der Waals surface area contributed by atoms with Gasteiger partial charge in [0.2, 0.25) is 0 Å². The zero-order valence-electron chi connectivity index (χ0n) is 10.8. The van der Waals surface area contributed by atoms with Crippen molar-refractivity contribution in [2.24, 2.45) is 5.73 Å². The van der Waals surface area contributed by atoms with Gasteiger partial charge in [0, 0.05) is 22.0 Å². The van der Waals surface area contributed by atoms with Gasteiger partial charge in [0.05, 0.1) is 6.04 Å². The number of nitrogens with one attached hydrogen (secondary N) is 1. The summed E-state index contributed by atoms with van der Waals surface area (Å²) in [6, 6.07) is 16.2. The van der Waals surface area contributed by atoms with E-state index >= 15 is 0 Å². The normalized spacial score (nSPS) is 12.5. The molecule has 2 nitrogen and oxygen atoms in total. The van der Waals surface area contributed by atoms with Crippen LogP contribution in [-0.4, -0.2) is 6.54 Å². The van der Waals surface area contributed by atoms with Gasteiger partial charge in [-0.2, -0.15) is 0 Å². The molecule has 0 amide bonds. The second-order valence-electron chi connectivity index (χ2n) is 4.63. The highest BCUT2D eigenvalue weighted by Gasteiger charge is 2.14. The summed E-state index contributed by atoms with van der Waals surface area (Å²) >= 11 is 7.77. The molecule has 1 heterocycles. The van der Waals surface area contributed by atoms with Gasteiger partial charge in [0.25, 0.3) is 0 Å². The molecular weight excluding hydrogens is 288 g/mol. The standard InChI is InChI=1S/C16H15ClN2S/c17-11-4-3-5-12(8-11)19-15(9-18)14-10-20-16-7-2-1-6-13(14)16/h1-8,10,15,19H,9,18H2. The molecular formula is C16H15ClN2S. The molecule has 0 fully saturated rings. The summed E-state index contributed by atoms with van der Waals surface area (Å²) in [7, 11) is 0. The molecule has 1 atom stereocenters. The molecule has 0 aliphatic heterocycles. The largest absolute Gasteiger partial charge is 0.377 e. The maximum atomic E-state index is 6.02. The highest BCUT2D eigenvalue weighted by atomic mass is 35.5. The Labute approximate surface area is 127 Å². The van der Waals surface area contributed by atoms with Gasteiger partial charge in [-0.1, -0.05) is 35.9 Å². The first-order valence-corrected chi connectivity index (χ1v) is 7.72. The molecule has 20 heavy (non-hydrogen) atoms. The van der Waals surface area contributed by atoms with E-state index in [0.717, 1.165) is 10.7 Å². The Morgan fingerprint density at radius 1 is 1.15 bits per heavy atom. The fraction of sp³-hybridized carbons (Fsp3) is 0.125. The monoisotopic (exact) mass is 302 g/mol. The predicted octanol–water partition coefficient (Wildman–Crippen LogP) is 4.67. The number of rotatable bonds is 4. The minimum Gasteiger partial charge on any atom is -0.377 e. The van der Waals surface area contributed by atoms with E-state index in [2.05, 4.69) is 35.0 Å². The summed E-state index contributed by atoms with van der Waals surface area (Å²) in [6.07, 6.45) is 0. The van der Waals surface area contributed by atoms with E-state index in [1.54, 1.807) is 11.3 Å². The van der Waals surface area contributed by atoms with Gasteiger partial charge < -0.3 is 11.1 Å². The zero-order chi connectivity index (χ0) is 13.9. The number of nitrogens with two attached hydrogens (primary N) is 1. The summed E-state index contributed by atoms with van der Waals surface area (Å²) in [5.41, 5.74) is 8.18. The van der Waals surface area contributed by atoms with Crippen LogP contribution in [0.1, 0.15) is 11.6 Å². The van der Waals surface area contributed by atoms with Gasteiger partial charge in [-0.15, -0.1) is 11.3 Å². The summed E-state index contributed by atoms with van der Waals surface area (Å²) in [5, 5.41) is 7.63. The molecule has 3 rings (SSSR count). The number of hydrogen-bond acceptors (Lipinski definition) is 3. The van der Waals surface area contributed by atoms with Crippen molar-refractivity contribution in [3.63, 3.8) is 0 Å². The summed E-state index contributed by atoms with van der Waals surface area (Å²) in [4.78, 5) is 0. The van der Waals surface area contributed by atoms with E-state index in [4.69, 9.17) is 17.3 Å². The predicted molar refractivity (Wildman–Crippen MR) is 88.7 cm³/mol. The lowest BCUT2D eigenvalue weighted by molar-refractivity contribution is 0.799. The third kappa shape index (κ3) is 2.66. The number of halogens is 1. The SMILES string of the molecule is NCC(Nc1cccc(Cl)c1)c1csc2ccccc12. The maximum Gasteiger partial charge on any atom is 0.0650 e. The lowest BCUT2D eigenvalue weighted by Gasteiger charge is -2.18. The molecule has 0 aliphatic rings. The molecule has 0 saturated heterocycles. The van der Waals surface area contributed by atoms with Crippen molar-refractivity contribution in [2.75, 3.05) is 11.9 Å². The van der Waals surface area contributed by atoms with Crippen LogP contribution in [0.5, 0.6) is 0 Å². The van der Waals surface area contributed by atoms with E-state index < -0.39 is 0 Å². The van der Waals surface area contributed by atoms with Crippen LogP contribution in [-0.2, 0) is 0 Å². The minimum absolute atomic E-state index is 0.0876. The Kier molecular flexibility index (Phi) is 3.92. The molecule has 4 heteroatoms. The Balaban J connectivity index is 1.93. The van der Waals surface area contributed by atoms with E-state index in [0.29, 0.717) is 6.54 Å². The van der Waals surface area contributed by atoms with Gasteiger partial charge in [0.15, 0.2) is 0 Å². The van der Waals surface area contributed by atoms with Crippen LogP contribution in [0.15, 0.2) is 53.9 Å². The van der Waals surface area contributed by atoms with Crippen molar-refractivity contribution in [2.45, 2.75) is 6.04 Å². The van der Waals surface area contributed by atoms with Gasteiger partial charge in [-0.25, -0.2) is 0 Å². The Morgan fingerprint density at radius 2 is 2.00 bits per heavy atom. The van der Waals surface area contributed by atoms with Crippen LogP contribution < -0.4 is 11.1 Å². The van der Waals surface area contributed by atoms with Crippen LogP contribution in [0.2, 0.25) is 5.02 Å². The van der Waals surface area contributed by atoms with Crippen molar-refractivity contribution in [1.82, 2.24) is 0 Å². The highest BCUT2D eigenvalue weighted by molar-refractivity contribution is 7.17. The molecule has 1 aromatic heterocycles. The number of thiophene rings is 1. The molecule has 0 bridgehead atoms. The Hall–Kier alpha value is -1.55. The lowest BCUT2D eigenvalue weighted by atomic mass is 10.1. The Morgan fingerprint density at radius 3 is 2.80 bits per heavy atom. The molecule has 0 aliphatic carbocycles. The van der Waals surface area contributed by atoms with Crippen molar-refractivity contribution in [3.05, 3.63) is 64.5 Å². The van der Waals surface area contributed by atoms with Crippen molar-refractivity contribution in [1.29, 1.82) is 0 Å². The average Bonchev–Trinajstić information content (AvgIpc) is 2.89. The first-order chi connectivity index (χ1) is 9.78. The first kappa shape index (κ1) is 13.4. The van der Waals surface area contributed by atoms with Gasteiger partial charge in [0.1, 0.15) is 0 Å². The van der Waals surface area contributed by atoms with Crippen LogP contribution in [0.4, 0.5) is 5.69 Å². The minimum atomic E-state index is 0.0876. The van der Waals surface area contributed by atoms with Crippen LogP contribution in [0.25, 0.3) is 10.1 Å². The third-order valence-electron chi connectivity index (χ3n) is 3.29.